The molecular formula is C11H15N5. The highest BCUT2D eigenvalue weighted by atomic mass is 15.2. The van der Waals surface area contributed by atoms with E-state index in [9.17, 15) is 0 Å². The molecule has 2 aromatic heterocycles. The number of aromatic amines is 1. The van der Waals surface area contributed by atoms with Gasteiger partial charge in [-0.3, -0.25) is 10.1 Å². The first-order valence-electron chi connectivity index (χ1n) is 5.39. The van der Waals surface area contributed by atoms with E-state index < -0.39 is 0 Å². The molecule has 0 aliphatic heterocycles. The van der Waals surface area contributed by atoms with Crippen molar-refractivity contribution >= 4 is 0 Å². The largest absolute Gasteiger partial charge is 0.313 e. The van der Waals surface area contributed by atoms with Crippen molar-refractivity contribution in [2.24, 2.45) is 0 Å². The monoisotopic (exact) mass is 217 g/mol. The summed E-state index contributed by atoms with van der Waals surface area (Å²) in [6, 6.07) is 4.02. The van der Waals surface area contributed by atoms with E-state index in [4.69, 9.17) is 0 Å². The van der Waals surface area contributed by atoms with Gasteiger partial charge >= 0.3 is 0 Å². The minimum absolute atomic E-state index is 0.865. The molecule has 0 bridgehead atoms. The third kappa shape index (κ3) is 3.43. The third-order valence-electron chi connectivity index (χ3n) is 2.28. The zero-order valence-electron chi connectivity index (χ0n) is 9.06. The SMILES string of the molecule is c1cncc(CNCCCc2ncn[nH]2)c1. The highest BCUT2D eigenvalue weighted by Gasteiger charge is 1.95. The van der Waals surface area contributed by atoms with Gasteiger partial charge in [-0.15, -0.1) is 0 Å². The maximum Gasteiger partial charge on any atom is 0.137 e. The lowest BCUT2D eigenvalue weighted by molar-refractivity contribution is 0.638. The quantitative estimate of drug-likeness (QED) is 0.706. The number of nitrogens with zero attached hydrogens (tertiary/aromatic N) is 3. The van der Waals surface area contributed by atoms with E-state index in [1.54, 1.807) is 12.5 Å². The number of aryl methyl sites for hydroxylation is 1. The molecule has 5 nitrogen and oxygen atoms in total. The molecule has 0 saturated heterocycles. The summed E-state index contributed by atoms with van der Waals surface area (Å²) >= 11 is 0. The standard InChI is InChI=1S/C11H15N5/c1-3-10(7-12-5-1)8-13-6-2-4-11-14-9-15-16-11/h1,3,5,7,9,13H,2,4,6,8H2,(H,14,15,16). The molecule has 84 valence electrons. The van der Waals surface area contributed by atoms with Crippen molar-refractivity contribution in [1.82, 2.24) is 25.5 Å². The Morgan fingerprint density at radius 2 is 2.38 bits per heavy atom. The molecule has 2 N–H and O–H groups in total. The Morgan fingerprint density at radius 1 is 1.38 bits per heavy atom. The van der Waals surface area contributed by atoms with Gasteiger partial charge in [0, 0.05) is 25.4 Å². The van der Waals surface area contributed by atoms with Gasteiger partial charge in [0.15, 0.2) is 0 Å². The average molecular weight is 217 g/mol. The Kier molecular flexibility index (Phi) is 4.01. The van der Waals surface area contributed by atoms with E-state index in [-0.39, 0.29) is 0 Å². The number of nitrogens with one attached hydrogen (secondary N) is 2. The third-order valence-corrected chi connectivity index (χ3v) is 2.28. The normalized spacial score (nSPS) is 10.5. The van der Waals surface area contributed by atoms with Crippen LogP contribution in [0, 0.1) is 0 Å². The van der Waals surface area contributed by atoms with E-state index in [1.807, 2.05) is 12.3 Å². The summed E-state index contributed by atoms with van der Waals surface area (Å²) < 4.78 is 0. The molecule has 0 saturated carbocycles. The van der Waals surface area contributed by atoms with Gasteiger partial charge in [-0.25, -0.2) is 4.98 Å². The van der Waals surface area contributed by atoms with Crippen LogP contribution in [0.2, 0.25) is 0 Å². The molecule has 0 amide bonds. The van der Waals surface area contributed by atoms with Gasteiger partial charge in [0.1, 0.15) is 12.2 Å². The van der Waals surface area contributed by atoms with Crippen molar-refractivity contribution in [3.8, 4) is 0 Å². The van der Waals surface area contributed by atoms with Crippen LogP contribution in [-0.4, -0.2) is 26.7 Å². The number of hydrogen-bond acceptors (Lipinski definition) is 4. The molecule has 0 fully saturated rings. The molecule has 0 aliphatic carbocycles. The van der Waals surface area contributed by atoms with Crippen LogP contribution in [0.4, 0.5) is 0 Å². The lowest BCUT2D eigenvalue weighted by Gasteiger charge is -2.03. The predicted molar refractivity (Wildman–Crippen MR) is 60.6 cm³/mol. The molecule has 5 heteroatoms. The lowest BCUT2D eigenvalue weighted by Crippen LogP contribution is -2.15. The van der Waals surface area contributed by atoms with Crippen LogP contribution in [0.5, 0.6) is 0 Å². The van der Waals surface area contributed by atoms with Gasteiger partial charge in [0.05, 0.1) is 0 Å². The van der Waals surface area contributed by atoms with Gasteiger partial charge in [0.2, 0.25) is 0 Å². The van der Waals surface area contributed by atoms with Crippen LogP contribution in [0.15, 0.2) is 30.9 Å². The number of hydrogen-bond donors (Lipinski definition) is 2. The zero-order chi connectivity index (χ0) is 11.1. The molecule has 0 radical (unpaired) electrons. The van der Waals surface area contributed by atoms with Crippen molar-refractivity contribution in [2.45, 2.75) is 19.4 Å². The molecule has 2 heterocycles. The Hall–Kier alpha value is -1.75. The number of pyridine rings is 1. The summed E-state index contributed by atoms with van der Waals surface area (Å²) in [5.74, 6) is 0.947. The molecular weight excluding hydrogens is 202 g/mol. The van der Waals surface area contributed by atoms with Crippen molar-refractivity contribution < 1.29 is 0 Å². The molecule has 2 aromatic rings. The first-order valence-corrected chi connectivity index (χ1v) is 5.39. The number of aromatic nitrogens is 4. The maximum atomic E-state index is 4.07. The van der Waals surface area contributed by atoms with Gasteiger partial charge in [-0.1, -0.05) is 6.07 Å². The molecule has 2 rings (SSSR count). The minimum atomic E-state index is 0.865. The number of rotatable bonds is 6. The first kappa shape index (κ1) is 10.8. The molecule has 16 heavy (non-hydrogen) atoms. The van der Waals surface area contributed by atoms with Gasteiger partial charge < -0.3 is 5.32 Å². The summed E-state index contributed by atoms with van der Waals surface area (Å²) in [6.45, 7) is 1.83. The van der Waals surface area contributed by atoms with E-state index in [2.05, 4.69) is 31.5 Å². The van der Waals surface area contributed by atoms with Gasteiger partial charge in [0.25, 0.3) is 0 Å². The Labute approximate surface area is 94.3 Å². The van der Waals surface area contributed by atoms with Crippen molar-refractivity contribution in [1.29, 1.82) is 0 Å². The fourth-order valence-corrected chi connectivity index (χ4v) is 1.47. The van der Waals surface area contributed by atoms with Crippen molar-refractivity contribution in [2.75, 3.05) is 6.54 Å². The molecule has 0 atom stereocenters. The Balaban J connectivity index is 1.59. The number of H-pyrrole nitrogens is 1. The fraction of sp³-hybridized carbons (Fsp3) is 0.364. The second kappa shape index (κ2) is 5.97. The summed E-state index contributed by atoms with van der Waals surface area (Å²) in [4.78, 5) is 8.13. The smallest absolute Gasteiger partial charge is 0.137 e. The predicted octanol–water partition coefficient (Wildman–Crippen LogP) is 0.922. The molecule has 0 unspecified atom stereocenters. The van der Waals surface area contributed by atoms with E-state index in [0.717, 1.165) is 31.8 Å². The highest BCUT2D eigenvalue weighted by Crippen LogP contribution is 1.95. The highest BCUT2D eigenvalue weighted by molar-refractivity contribution is 5.07. The van der Waals surface area contributed by atoms with Crippen LogP contribution in [-0.2, 0) is 13.0 Å². The van der Waals surface area contributed by atoms with E-state index in [1.165, 1.54) is 5.56 Å². The van der Waals surface area contributed by atoms with Crippen LogP contribution in [0.1, 0.15) is 17.8 Å². The topological polar surface area (TPSA) is 66.5 Å². The summed E-state index contributed by atoms with van der Waals surface area (Å²) in [7, 11) is 0. The van der Waals surface area contributed by atoms with Crippen molar-refractivity contribution in [3.05, 3.63) is 42.2 Å². The molecule has 0 aliphatic rings. The van der Waals surface area contributed by atoms with E-state index >= 15 is 0 Å². The second-order valence-electron chi connectivity index (χ2n) is 3.57. The summed E-state index contributed by atoms with van der Waals surface area (Å²) in [5.41, 5.74) is 1.21. The van der Waals surface area contributed by atoms with Crippen molar-refractivity contribution in [3.63, 3.8) is 0 Å². The van der Waals surface area contributed by atoms with E-state index in [0.29, 0.717) is 0 Å². The Morgan fingerprint density at radius 3 is 3.12 bits per heavy atom. The van der Waals surface area contributed by atoms with Gasteiger partial charge in [-0.2, -0.15) is 5.10 Å². The average Bonchev–Trinajstić information content (AvgIpc) is 2.83. The van der Waals surface area contributed by atoms with Crippen LogP contribution < -0.4 is 5.32 Å². The maximum absolute atomic E-state index is 4.07. The second-order valence-corrected chi connectivity index (χ2v) is 3.57. The Bertz CT molecular complexity index is 384. The summed E-state index contributed by atoms with van der Waals surface area (Å²) in [6.07, 6.45) is 7.19. The zero-order valence-corrected chi connectivity index (χ0v) is 9.06. The van der Waals surface area contributed by atoms with Crippen LogP contribution >= 0.6 is 0 Å². The first-order chi connectivity index (χ1) is 7.95. The van der Waals surface area contributed by atoms with Crippen LogP contribution in [0.3, 0.4) is 0 Å². The van der Waals surface area contributed by atoms with Gasteiger partial charge in [-0.05, 0) is 24.6 Å². The fourth-order valence-electron chi connectivity index (χ4n) is 1.47. The van der Waals surface area contributed by atoms with Crippen LogP contribution in [0.25, 0.3) is 0 Å². The summed E-state index contributed by atoms with van der Waals surface area (Å²) in [5, 5.41) is 10.0. The minimum Gasteiger partial charge on any atom is -0.313 e. The lowest BCUT2D eigenvalue weighted by atomic mass is 10.2. The molecule has 0 spiro atoms. The molecule has 0 aromatic carbocycles.